The summed E-state index contributed by atoms with van der Waals surface area (Å²) in [5.41, 5.74) is 0.906. The molecule has 0 spiro atoms. The molecule has 2 rings (SSSR count). The molecule has 7 nitrogen and oxygen atoms in total. The standard InChI is InChI=1S/C13H17NO6S/c1-9-2-4-10(5-3-9)21(18,19)20-12-8-14(13(16)17)7-6-11(12)15/h2-5,11-12,15H,6-8H2,1H3,(H,16,17). The molecule has 1 aliphatic rings. The van der Waals surface area contributed by atoms with Gasteiger partial charge in [0, 0.05) is 6.54 Å². The average molecular weight is 315 g/mol. The summed E-state index contributed by atoms with van der Waals surface area (Å²) >= 11 is 0. The molecule has 1 amide bonds. The Labute approximate surface area is 122 Å². The monoisotopic (exact) mass is 315 g/mol. The van der Waals surface area contributed by atoms with Gasteiger partial charge in [0.05, 0.1) is 17.5 Å². The van der Waals surface area contributed by atoms with E-state index in [2.05, 4.69) is 0 Å². The van der Waals surface area contributed by atoms with Crippen molar-refractivity contribution in [2.75, 3.05) is 13.1 Å². The largest absolute Gasteiger partial charge is 0.465 e. The number of aryl methyl sites for hydroxylation is 1. The smallest absolute Gasteiger partial charge is 0.407 e. The second-order valence-electron chi connectivity index (χ2n) is 4.99. The molecule has 0 aliphatic carbocycles. The molecule has 1 saturated heterocycles. The first-order chi connectivity index (χ1) is 9.79. The third-order valence-corrected chi connectivity index (χ3v) is 4.70. The van der Waals surface area contributed by atoms with Crippen LogP contribution in [0.15, 0.2) is 29.2 Å². The number of hydrogen-bond acceptors (Lipinski definition) is 5. The van der Waals surface area contributed by atoms with Gasteiger partial charge in [-0.3, -0.25) is 4.18 Å². The van der Waals surface area contributed by atoms with E-state index in [0.29, 0.717) is 0 Å². The molecule has 1 aromatic carbocycles. The number of aliphatic hydroxyl groups is 1. The van der Waals surface area contributed by atoms with E-state index < -0.39 is 28.4 Å². The van der Waals surface area contributed by atoms with Crippen molar-refractivity contribution in [1.82, 2.24) is 4.90 Å². The number of rotatable bonds is 3. The predicted octanol–water partition coefficient (Wildman–Crippen LogP) is 0.814. The summed E-state index contributed by atoms with van der Waals surface area (Å²) in [4.78, 5) is 11.9. The molecule has 1 fully saturated rings. The van der Waals surface area contributed by atoms with Crippen molar-refractivity contribution in [3.63, 3.8) is 0 Å². The number of hydrogen-bond donors (Lipinski definition) is 2. The Kier molecular flexibility index (Phi) is 4.50. The summed E-state index contributed by atoms with van der Waals surface area (Å²) in [6.45, 7) is 1.80. The summed E-state index contributed by atoms with van der Waals surface area (Å²) in [6.07, 6.45) is -3.13. The van der Waals surface area contributed by atoms with Gasteiger partial charge in [0.15, 0.2) is 0 Å². The van der Waals surface area contributed by atoms with Gasteiger partial charge in [-0.25, -0.2) is 4.79 Å². The zero-order valence-electron chi connectivity index (χ0n) is 11.5. The number of carboxylic acid groups (broad SMARTS) is 1. The first-order valence-electron chi connectivity index (χ1n) is 6.45. The van der Waals surface area contributed by atoms with Crippen LogP contribution in [0.5, 0.6) is 0 Å². The fraction of sp³-hybridized carbons (Fsp3) is 0.462. The lowest BCUT2D eigenvalue weighted by atomic mass is 10.1. The third kappa shape index (κ3) is 3.72. The molecular formula is C13H17NO6S. The number of piperidine rings is 1. The van der Waals surface area contributed by atoms with E-state index in [4.69, 9.17) is 9.29 Å². The Morgan fingerprint density at radius 3 is 2.52 bits per heavy atom. The van der Waals surface area contributed by atoms with Crippen LogP contribution in [0.25, 0.3) is 0 Å². The van der Waals surface area contributed by atoms with Crippen molar-refractivity contribution in [2.45, 2.75) is 30.4 Å². The molecule has 116 valence electrons. The fourth-order valence-electron chi connectivity index (χ4n) is 2.10. The SMILES string of the molecule is Cc1ccc(S(=O)(=O)OC2CN(C(=O)O)CCC2O)cc1. The first-order valence-corrected chi connectivity index (χ1v) is 7.86. The van der Waals surface area contributed by atoms with Crippen LogP contribution < -0.4 is 0 Å². The molecule has 2 N–H and O–H groups in total. The highest BCUT2D eigenvalue weighted by molar-refractivity contribution is 7.86. The summed E-state index contributed by atoms with van der Waals surface area (Å²) in [6, 6.07) is 6.10. The van der Waals surface area contributed by atoms with Crippen molar-refractivity contribution >= 4 is 16.2 Å². The minimum Gasteiger partial charge on any atom is -0.465 e. The van der Waals surface area contributed by atoms with Crippen molar-refractivity contribution < 1.29 is 27.6 Å². The maximum Gasteiger partial charge on any atom is 0.407 e. The van der Waals surface area contributed by atoms with E-state index in [1.54, 1.807) is 12.1 Å². The molecule has 0 radical (unpaired) electrons. The van der Waals surface area contributed by atoms with Gasteiger partial charge in [0.1, 0.15) is 6.10 Å². The third-order valence-electron chi connectivity index (χ3n) is 3.35. The Bertz CT molecular complexity index is 612. The summed E-state index contributed by atoms with van der Waals surface area (Å²) in [5.74, 6) is 0. The molecule has 21 heavy (non-hydrogen) atoms. The molecule has 2 unspecified atom stereocenters. The Hall–Kier alpha value is -1.64. The van der Waals surface area contributed by atoms with Crippen LogP contribution in [0.1, 0.15) is 12.0 Å². The Morgan fingerprint density at radius 2 is 1.95 bits per heavy atom. The van der Waals surface area contributed by atoms with Gasteiger partial charge < -0.3 is 15.1 Å². The molecular weight excluding hydrogens is 298 g/mol. The first kappa shape index (κ1) is 15.7. The van der Waals surface area contributed by atoms with Gasteiger partial charge in [-0.2, -0.15) is 8.42 Å². The van der Waals surface area contributed by atoms with E-state index in [1.807, 2.05) is 6.92 Å². The van der Waals surface area contributed by atoms with Gasteiger partial charge in [-0.05, 0) is 25.5 Å². The molecule has 0 bridgehead atoms. The van der Waals surface area contributed by atoms with Crippen LogP contribution in [-0.4, -0.2) is 54.9 Å². The normalized spacial score (nSPS) is 23.0. The van der Waals surface area contributed by atoms with Crippen LogP contribution in [-0.2, 0) is 14.3 Å². The van der Waals surface area contributed by atoms with Gasteiger partial charge in [0.25, 0.3) is 10.1 Å². The average Bonchev–Trinajstić information content (AvgIpc) is 2.41. The summed E-state index contributed by atoms with van der Waals surface area (Å²) in [5, 5.41) is 18.7. The fourth-order valence-corrected chi connectivity index (χ4v) is 3.19. The lowest BCUT2D eigenvalue weighted by molar-refractivity contribution is -0.0165. The summed E-state index contributed by atoms with van der Waals surface area (Å²) < 4.78 is 29.3. The molecule has 2 atom stereocenters. The van der Waals surface area contributed by atoms with E-state index in [1.165, 1.54) is 12.1 Å². The number of likely N-dealkylation sites (tertiary alicyclic amines) is 1. The van der Waals surface area contributed by atoms with Crippen LogP contribution in [0.3, 0.4) is 0 Å². The Morgan fingerprint density at radius 1 is 1.33 bits per heavy atom. The van der Waals surface area contributed by atoms with Crippen LogP contribution in [0.2, 0.25) is 0 Å². The molecule has 1 aliphatic heterocycles. The van der Waals surface area contributed by atoms with Gasteiger partial charge in [0.2, 0.25) is 0 Å². The van der Waals surface area contributed by atoms with Crippen molar-refractivity contribution in [2.24, 2.45) is 0 Å². The van der Waals surface area contributed by atoms with Crippen molar-refractivity contribution in [3.8, 4) is 0 Å². The summed E-state index contributed by atoms with van der Waals surface area (Å²) in [7, 11) is -4.04. The van der Waals surface area contributed by atoms with E-state index in [9.17, 15) is 18.3 Å². The van der Waals surface area contributed by atoms with Crippen LogP contribution in [0, 0.1) is 6.92 Å². The lowest BCUT2D eigenvalue weighted by Gasteiger charge is -2.33. The highest BCUT2D eigenvalue weighted by Gasteiger charge is 2.34. The predicted molar refractivity (Wildman–Crippen MR) is 73.5 cm³/mol. The van der Waals surface area contributed by atoms with E-state index in [0.717, 1.165) is 10.5 Å². The van der Waals surface area contributed by atoms with Crippen LogP contribution in [0.4, 0.5) is 4.79 Å². The van der Waals surface area contributed by atoms with Gasteiger partial charge in [-0.15, -0.1) is 0 Å². The van der Waals surface area contributed by atoms with Crippen molar-refractivity contribution in [3.05, 3.63) is 29.8 Å². The number of aliphatic hydroxyl groups excluding tert-OH is 1. The number of nitrogens with zero attached hydrogens (tertiary/aromatic N) is 1. The minimum absolute atomic E-state index is 0.0206. The maximum atomic E-state index is 12.1. The van der Waals surface area contributed by atoms with Gasteiger partial charge >= 0.3 is 6.09 Å². The zero-order valence-corrected chi connectivity index (χ0v) is 12.3. The second-order valence-corrected chi connectivity index (χ2v) is 6.56. The highest BCUT2D eigenvalue weighted by Crippen LogP contribution is 2.21. The molecule has 0 saturated carbocycles. The van der Waals surface area contributed by atoms with Crippen LogP contribution >= 0.6 is 0 Å². The molecule has 1 aromatic rings. The minimum atomic E-state index is -4.04. The zero-order chi connectivity index (χ0) is 15.6. The van der Waals surface area contributed by atoms with E-state index in [-0.39, 0.29) is 24.4 Å². The lowest BCUT2D eigenvalue weighted by Crippen LogP contribution is -2.50. The number of amides is 1. The number of carbonyl (C=O) groups is 1. The topological polar surface area (TPSA) is 104 Å². The molecule has 8 heteroatoms. The quantitative estimate of drug-likeness (QED) is 0.800. The second kappa shape index (κ2) is 6.00. The van der Waals surface area contributed by atoms with E-state index >= 15 is 0 Å². The van der Waals surface area contributed by atoms with Crippen molar-refractivity contribution in [1.29, 1.82) is 0 Å². The number of benzene rings is 1. The Balaban J connectivity index is 2.14. The highest BCUT2D eigenvalue weighted by atomic mass is 32.2. The molecule has 1 heterocycles. The van der Waals surface area contributed by atoms with Gasteiger partial charge in [-0.1, -0.05) is 17.7 Å². The maximum absolute atomic E-state index is 12.1. The molecule has 0 aromatic heterocycles.